The molecule has 2 aromatic carbocycles. The lowest BCUT2D eigenvalue weighted by Crippen LogP contribution is -2.12. The number of aromatic nitrogens is 5. The fraction of sp³-hybridized carbons (Fsp3) is 0. The average molecular weight is 494 g/mol. The van der Waals surface area contributed by atoms with Gasteiger partial charge in [-0.1, -0.05) is 35.9 Å². The van der Waals surface area contributed by atoms with Gasteiger partial charge in [0.2, 0.25) is 0 Å². The summed E-state index contributed by atoms with van der Waals surface area (Å²) in [6.45, 7) is 0. The van der Waals surface area contributed by atoms with E-state index in [0.717, 1.165) is 5.52 Å². The molecule has 5 aromatic rings. The van der Waals surface area contributed by atoms with Crippen LogP contribution in [0.3, 0.4) is 0 Å². The van der Waals surface area contributed by atoms with Crippen LogP contribution in [0.15, 0.2) is 77.5 Å². The van der Waals surface area contributed by atoms with E-state index in [9.17, 15) is 4.79 Å². The molecule has 0 saturated carbocycles. The second-order valence-electron chi connectivity index (χ2n) is 6.68. The third-order valence-corrected chi connectivity index (χ3v) is 5.33. The highest BCUT2D eigenvalue weighted by Crippen LogP contribution is 2.29. The molecule has 2 N–H and O–H groups in total. The molecule has 7 nitrogen and oxygen atoms in total. The van der Waals surface area contributed by atoms with E-state index in [-0.39, 0.29) is 5.91 Å². The van der Waals surface area contributed by atoms with Crippen LogP contribution in [0.2, 0.25) is 5.02 Å². The Kier molecular flexibility index (Phi) is 5.01. The summed E-state index contributed by atoms with van der Waals surface area (Å²) >= 11 is 9.74. The maximum Gasteiger partial charge on any atom is 0.257 e. The summed E-state index contributed by atoms with van der Waals surface area (Å²) in [6, 6.07) is 20.0. The number of carbonyl (C=O) groups excluding carboxylic acids is 1. The first-order valence-corrected chi connectivity index (χ1v) is 10.5. The fourth-order valence-corrected chi connectivity index (χ4v) is 3.85. The van der Waals surface area contributed by atoms with Gasteiger partial charge < -0.3 is 10.3 Å². The third kappa shape index (κ3) is 3.71. The molecule has 0 saturated heterocycles. The number of anilines is 1. The van der Waals surface area contributed by atoms with Crippen molar-refractivity contribution in [1.29, 1.82) is 0 Å². The molecule has 9 heteroatoms. The SMILES string of the molecule is O=C(Nc1ccccc1)c1cccc2[nH]c(-c3cc(Br)nn3-c3ncccc3Cl)nc12. The Morgan fingerprint density at radius 3 is 2.71 bits per heavy atom. The zero-order valence-electron chi connectivity index (χ0n) is 15.9. The Bertz CT molecular complexity index is 1410. The lowest BCUT2D eigenvalue weighted by molar-refractivity contribution is 0.102. The maximum absolute atomic E-state index is 12.9. The number of aromatic amines is 1. The van der Waals surface area contributed by atoms with Gasteiger partial charge in [0.05, 0.1) is 16.1 Å². The maximum atomic E-state index is 12.9. The molecule has 0 aliphatic heterocycles. The van der Waals surface area contributed by atoms with Crippen molar-refractivity contribution in [2.75, 3.05) is 5.32 Å². The Labute approximate surface area is 190 Å². The van der Waals surface area contributed by atoms with Gasteiger partial charge in [-0.3, -0.25) is 4.79 Å². The van der Waals surface area contributed by atoms with Gasteiger partial charge in [0, 0.05) is 18.0 Å². The standard InChI is InChI=1S/C22H14BrClN6O/c23-18-12-17(30(29-18)21-15(24)9-5-11-25-21)20-27-16-10-4-8-14(19(16)28-20)22(31)26-13-6-2-1-3-7-13/h1-12H,(H,26,31)(H,27,28). The smallest absolute Gasteiger partial charge is 0.257 e. The molecule has 0 unspecified atom stereocenters. The first-order valence-electron chi connectivity index (χ1n) is 9.32. The van der Waals surface area contributed by atoms with Crippen LogP contribution in [0, 0.1) is 0 Å². The number of nitrogens with one attached hydrogen (secondary N) is 2. The second kappa shape index (κ2) is 7.98. The van der Waals surface area contributed by atoms with E-state index < -0.39 is 0 Å². The Balaban J connectivity index is 1.59. The van der Waals surface area contributed by atoms with E-state index in [2.05, 4.69) is 36.3 Å². The number of para-hydroxylation sites is 2. The average Bonchev–Trinajstić information content (AvgIpc) is 3.38. The monoisotopic (exact) mass is 492 g/mol. The van der Waals surface area contributed by atoms with Gasteiger partial charge in [0.1, 0.15) is 15.8 Å². The van der Waals surface area contributed by atoms with E-state index in [0.29, 0.717) is 43.7 Å². The molecule has 31 heavy (non-hydrogen) atoms. The van der Waals surface area contributed by atoms with Crippen LogP contribution in [0.5, 0.6) is 0 Å². The van der Waals surface area contributed by atoms with Gasteiger partial charge in [-0.2, -0.15) is 5.10 Å². The predicted octanol–water partition coefficient (Wildman–Crippen LogP) is 5.48. The first kappa shape index (κ1) is 19.5. The van der Waals surface area contributed by atoms with E-state index in [1.807, 2.05) is 48.5 Å². The number of rotatable bonds is 4. The lowest BCUT2D eigenvalue weighted by Gasteiger charge is -2.06. The van der Waals surface area contributed by atoms with Crippen LogP contribution in [-0.2, 0) is 0 Å². The molecule has 0 aliphatic rings. The van der Waals surface area contributed by atoms with Crippen molar-refractivity contribution in [2.24, 2.45) is 0 Å². The zero-order valence-corrected chi connectivity index (χ0v) is 18.2. The molecule has 152 valence electrons. The summed E-state index contributed by atoms with van der Waals surface area (Å²) in [5.74, 6) is 0.777. The van der Waals surface area contributed by atoms with Crippen molar-refractivity contribution in [3.8, 4) is 17.3 Å². The summed E-state index contributed by atoms with van der Waals surface area (Å²) in [4.78, 5) is 25.2. The summed E-state index contributed by atoms with van der Waals surface area (Å²) in [5, 5.41) is 7.81. The van der Waals surface area contributed by atoms with Crippen LogP contribution in [0.1, 0.15) is 10.4 Å². The van der Waals surface area contributed by atoms with E-state index >= 15 is 0 Å². The molecular formula is C22H14BrClN6O. The van der Waals surface area contributed by atoms with Crippen LogP contribution >= 0.6 is 27.5 Å². The highest BCUT2D eigenvalue weighted by atomic mass is 79.9. The summed E-state index contributed by atoms with van der Waals surface area (Å²) < 4.78 is 2.21. The summed E-state index contributed by atoms with van der Waals surface area (Å²) in [6.07, 6.45) is 1.64. The first-order chi connectivity index (χ1) is 15.1. The third-order valence-electron chi connectivity index (χ3n) is 4.65. The van der Waals surface area contributed by atoms with Crippen molar-refractivity contribution in [2.45, 2.75) is 0 Å². The molecule has 3 aromatic heterocycles. The van der Waals surface area contributed by atoms with Crippen LogP contribution < -0.4 is 5.32 Å². The normalized spacial score (nSPS) is 11.0. The van der Waals surface area contributed by atoms with Crippen LogP contribution in [0.4, 0.5) is 5.69 Å². The summed E-state index contributed by atoms with van der Waals surface area (Å²) in [7, 11) is 0. The van der Waals surface area contributed by atoms with Gasteiger partial charge in [0.25, 0.3) is 5.91 Å². The van der Waals surface area contributed by atoms with Crippen LogP contribution in [-0.4, -0.2) is 30.6 Å². The molecular weight excluding hydrogens is 480 g/mol. The van der Waals surface area contributed by atoms with Crippen molar-refractivity contribution in [1.82, 2.24) is 24.7 Å². The minimum absolute atomic E-state index is 0.239. The lowest BCUT2D eigenvalue weighted by atomic mass is 10.1. The highest BCUT2D eigenvalue weighted by molar-refractivity contribution is 9.10. The Hall–Kier alpha value is -3.49. The van der Waals surface area contributed by atoms with Crippen molar-refractivity contribution in [3.63, 3.8) is 0 Å². The van der Waals surface area contributed by atoms with E-state index in [4.69, 9.17) is 16.6 Å². The van der Waals surface area contributed by atoms with Gasteiger partial charge in [-0.25, -0.2) is 14.6 Å². The number of nitrogens with zero attached hydrogens (tertiary/aromatic N) is 4. The number of pyridine rings is 1. The molecule has 0 fully saturated rings. The van der Waals surface area contributed by atoms with Crippen molar-refractivity contribution in [3.05, 3.63) is 88.1 Å². The van der Waals surface area contributed by atoms with E-state index in [1.165, 1.54) is 0 Å². The molecule has 1 amide bonds. The predicted molar refractivity (Wildman–Crippen MR) is 124 cm³/mol. The molecule has 3 heterocycles. The zero-order chi connectivity index (χ0) is 21.4. The molecule has 0 radical (unpaired) electrons. The number of halogens is 2. The molecule has 0 aliphatic carbocycles. The quantitative estimate of drug-likeness (QED) is 0.347. The van der Waals surface area contributed by atoms with Gasteiger partial charge >= 0.3 is 0 Å². The second-order valence-corrected chi connectivity index (χ2v) is 7.90. The van der Waals surface area contributed by atoms with Gasteiger partial charge in [-0.05, 0) is 52.3 Å². The number of fused-ring (bicyclic) bond motifs is 1. The van der Waals surface area contributed by atoms with Crippen LogP contribution in [0.25, 0.3) is 28.4 Å². The fourth-order valence-electron chi connectivity index (χ4n) is 3.27. The number of H-pyrrole nitrogens is 1. The Morgan fingerprint density at radius 1 is 1.06 bits per heavy atom. The molecule has 5 rings (SSSR count). The number of imidazole rings is 1. The number of benzene rings is 2. The molecule has 0 atom stereocenters. The number of hydrogen-bond donors (Lipinski definition) is 2. The van der Waals surface area contributed by atoms with Crippen molar-refractivity contribution >= 4 is 50.2 Å². The topological polar surface area (TPSA) is 88.5 Å². The minimum atomic E-state index is -0.239. The Morgan fingerprint density at radius 2 is 1.90 bits per heavy atom. The molecule has 0 spiro atoms. The summed E-state index contributed by atoms with van der Waals surface area (Å²) in [5.41, 5.74) is 3.11. The van der Waals surface area contributed by atoms with Crippen molar-refractivity contribution < 1.29 is 4.79 Å². The number of hydrogen-bond acceptors (Lipinski definition) is 4. The largest absolute Gasteiger partial charge is 0.337 e. The van der Waals surface area contributed by atoms with Gasteiger partial charge in [0.15, 0.2) is 11.6 Å². The molecule has 0 bridgehead atoms. The van der Waals surface area contributed by atoms with E-state index in [1.54, 1.807) is 29.1 Å². The number of amides is 1. The highest BCUT2D eigenvalue weighted by Gasteiger charge is 2.19. The number of carbonyl (C=O) groups is 1. The minimum Gasteiger partial charge on any atom is -0.337 e. The van der Waals surface area contributed by atoms with Gasteiger partial charge in [-0.15, -0.1) is 0 Å².